The largest absolute Gasteiger partial charge is 0.463 e. The molecule has 0 aromatic heterocycles. The summed E-state index contributed by atoms with van der Waals surface area (Å²) >= 11 is 0. The van der Waals surface area contributed by atoms with Crippen molar-refractivity contribution in [2.24, 2.45) is 5.41 Å². The van der Waals surface area contributed by atoms with Gasteiger partial charge in [-0.15, -0.1) is 0 Å². The van der Waals surface area contributed by atoms with Crippen molar-refractivity contribution in [2.75, 3.05) is 6.61 Å². The molecule has 0 saturated heterocycles. The second-order valence-electron chi connectivity index (χ2n) is 6.20. The maximum atomic E-state index is 11.3. The minimum Gasteiger partial charge on any atom is -0.463 e. The van der Waals surface area contributed by atoms with Gasteiger partial charge in [0.1, 0.15) is 11.9 Å². The summed E-state index contributed by atoms with van der Waals surface area (Å²) in [7, 11) is 0. The second-order valence-corrected chi connectivity index (χ2v) is 6.20. The predicted molar refractivity (Wildman–Crippen MR) is 70.7 cm³/mol. The highest BCUT2D eigenvalue weighted by molar-refractivity contribution is 5.87. The number of rotatable bonds is 6. The van der Waals surface area contributed by atoms with Crippen LogP contribution < -0.4 is 0 Å². The van der Waals surface area contributed by atoms with Crippen LogP contribution in [0.15, 0.2) is 11.8 Å². The van der Waals surface area contributed by atoms with E-state index >= 15 is 0 Å². The third kappa shape index (κ3) is 8.12. The summed E-state index contributed by atoms with van der Waals surface area (Å²) < 4.78 is 4.82. The highest BCUT2D eigenvalue weighted by atomic mass is 17.2. The van der Waals surface area contributed by atoms with E-state index in [0.29, 0.717) is 12.2 Å². The quantitative estimate of drug-likeness (QED) is 0.240. The summed E-state index contributed by atoms with van der Waals surface area (Å²) in [4.78, 5) is 21.6. The molecule has 0 rings (SSSR count). The minimum atomic E-state index is -0.413. The number of ether oxygens (including phenoxy) is 1. The van der Waals surface area contributed by atoms with Crippen molar-refractivity contribution in [3.8, 4) is 0 Å². The molecule has 0 amide bonds. The van der Waals surface area contributed by atoms with E-state index < -0.39 is 11.6 Å². The fourth-order valence-electron chi connectivity index (χ4n) is 1.83. The molecule has 0 saturated carbocycles. The Morgan fingerprint density at radius 2 is 1.72 bits per heavy atom. The van der Waals surface area contributed by atoms with Gasteiger partial charge in [0, 0.05) is 0 Å². The Balaban J connectivity index is 4.24. The molecule has 0 atom stereocenters. The van der Waals surface area contributed by atoms with Gasteiger partial charge in [-0.25, -0.2) is 4.79 Å². The third-order valence-corrected chi connectivity index (χ3v) is 2.05. The second kappa shape index (κ2) is 6.78. The van der Waals surface area contributed by atoms with Gasteiger partial charge in [0.05, 0.1) is 12.2 Å². The van der Waals surface area contributed by atoms with E-state index in [1.165, 1.54) is 6.26 Å². The van der Waals surface area contributed by atoms with Crippen LogP contribution in [0.5, 0.6) is 0 Å². The molecule has 0 heterocycles. The Labute approximate surface area is 110 Å². The van der Waals surface area contributed by atoms with Gasteiger partial charge in [-0.2, -0.15) is 4.89 Å². The molecule has 0 aromatic carbocycles. The number of esters is 1. The molecule has 0 fully saturated rings. The van der Waals surface area contributed by atoms with Crippen LogP contribution in [0, 0.1) is 5.41 Å². The van der Waals surface area contributed by atoms with Crippen LogP contribution in [0.3, 0.4) is 0 Å². The van der Waals surface area contributed by atoms with Gasteiger partial charge < -0.3 is 9.62 Å². The molecule has 4 nitrogen and oxygen atoms in total. The van der Waals surface area contributed by atoms with E-state index in [4.69, 9.17) is 14.5 Å². The number of hydrogen-bond donors (Lipinski definition) is 0. The third-order valence-electron chi connectivity index (χ3n) is 2.05. The zero-order valence-corrected chi connectivity index (χ0v) is 12.6. The van der Waals surface area contributed by atoms with Crippen LogP contribution >= 0.6 is 0 Å². The van der Waals surface area contributed by atoms with Gasteiger partial charge in [-0.1, -0.05) is 20.8 Å². The van der Waals surface area contributed by atoms with Gasteiger partial charge in [0.25, 0.3) is 0 Å². The summed E-state index contributed by atoms with van der Waals surface area (Å²) in [6.45, 7) is 14.0. The van der Waals surface area contributed by atoms with Crippen molar-refractivity contribution >= 4 is 5.97 Å². The van der Waals surface area contributed by atoms with Crippen molar-refractivity contribution < 1.29 is 19.3 Å². The highest BCUT2D eigenvalue weighted by Gasteiger charge is 2.27. The Kier molecular flexibility index (Phi) is 6.39. The standard InChI is InChI=1S/C14H26O4/c1-8-16-12(15)11(2)9-17-18-14(6,7)10-13(3,4)5/h9H,8,10H2,1-7H3. The lowest BCUT2D eigenvalue weighted by Gasteiger charge is -2.30. The fourth-order valence-corrected chi connectivity index (χ4v) is 1.83. The van der Waals surface area contributed by atoms with Crippen LogP contribution in [0.2, 0.25) is 0 Å². The summed E-state index contributed by atoms with van der Waals surface area (Å²) in [5, 5.41) is 0. The zero-order valence-electron chi connectivity index (χ0n) is 12.6. The fraction of sp³-hybridized carbons (Fsp3) is 0.786. The monoisotopic (exact) mass is 258 g/mol. The van der Waals surface area contributed by atoms with Crippen LogP contribution in [-0.2, 0) is 19.3 Å². The molecule has 0 aliphatic carbocycles. The number of hydrogen-bond acceptors (Lipinski definition) is 4. The van der Waals surface area contributed by atoms with E-state index in [0.717, 1.165) is 6.42 Å². The molecule has 0 aromatic rings. The maximum absolute atomic E-state index is 11.3. The van der Waals surface area contributed by atoms with Crippen LogP contribution in [-0.4, -0.2) is 18.2 Å². The van der Waals surface area contributed by atoms with Crippen molar-refractivity contribution in [2.45, 2.75) is 60.5 Å². The molecule has 0 unspecified atom stereocenters. The first-order valence-electron chi connectivity index (χ1n) is 6.26. The summed E-state index contributed by atoms with van der Waals surface area (Å²) in [5.41, 5.74) is 0.111. The predicted octanol–water partition coefficient (Wildman–Crippen LogP) is 3.62. The molecule has 106 valence electrons. The van der Waals surface area contributed by atoms with Gasteiger partial charge in [0.2, 0.25) is 0 Å². The first kappa shape index (κ1) is 17.0. The molecule has 0 aliphatic heterocycles. The maximum Gasteiger partial charge on any atom is 0.336 e. The first-order valence-corrected chi connectivity index (χ1v) is 6.26. The van der Waals surface area contributed by atoms with Crippen LogP contribution in [0.4, 0.5) is 0 Å². The smallest absolute Gasteiger partial charge is 0.336 e. The Bertz CT molecular complexity index is 297. The minimum absolute atomic E-state index is 0.146. The summed E-state index contributed by atoms with van der Waals surface area (Å²) in [5.74, 6) is -0.394. The molecule has 18 heavy (non-hydrogen) atoms. The van der Waals surface area contributed by atoms with Gasteiger partial charge in [0.15, 0.2) is 0 Å². The number of carbonyl (C=O) groups is 1. The molecule has 0 bridgehead atoms. The van der Waals surface area contributed by atoms with Gasteiger partial charge >= 0.3 is 5.97 Å². The lowest BCUT2D eigenvalue weighted by Crippen LogP contribution is -2.29. The van der Waals surface area contributed by atoms with E-state index in [2.05, 4.69) is 20.8 Å². The van der Waals surface area contributed by atoms with E-state index in [1.54, 1.807) is 13.8 Å². The van der Waals surface area contributed by atoms with Gasteiger partial charge in [-0.3, -0.25) is 0 Å². The lowest BCUT2D eigenvalue weighted by molar-refractivity contribution is -0.322. The Morgan fingerprint density at radius 3 is 2.17 bits per heavy atom. The van der Waals surface area contributed by atoms with E-state index in [-0.39, 0.29) is 5.41 Å². The van der Waals surface area contributed by atoms with E-state index in [9.17, 15) is 4.79 Å². The summed E-state index contributed by atoms with van der Waals surface area (Å²) in [6, 6.07) is 0. The topological polar surface area (TPSA) is 44.8 Å². The molecule has 0 N–H and O–H groups in total. The van der Waals surface area contributed by atoms with Crippen molar-refractivity contribution in [3.63, 3.8) is 0 Å². The van der Waals surface area contributed by atoms with Crippen LogP contribution in [0.1, 0.15) is 54.9 Å². The molecular formula is C14H26O4. The normalized spacial score (nSPS) is 13.4. The van der Waals surface area contributed by atoms with Crippen molar-refractivity contribution in [3.05, 3.63) is 11.8 Å². The average Bonchev–Trinajstić information content (AvgIpc) is 2.13. The van der Waals surface area contributed by atoms with Crippen molar-refractivity contribution in [1.29, 1.82) is 0 Å². The number of carbonyl (C=O) groups excluding carboxylic acids is 1. The zero-order chi connectivity index (χ0) is 14.4. The molecule has 0 radical (unpaired) electrons. The molecule has 0 spiro atoms. The highest BCUT2D eigenvalue weighted by Crippen LogP contribution is 2.29. The average molecular weight is 258 g/mol. The lowest BCUT2D eigenvalue weighted by atomic mass is 9.84. The Hall–Kier alpha value is -1.03. The molecular weight excluding hydrogens is 232 g/mol. The van der Waals surface area contributed by atoms with Gasteiger partial charge in [-0.05, 0) is 39.5 Å². The van der Waals surface area contributed by atoms with Crippen LogP contribution in [0.25, 0.3) is 0 Å². The summed E-state index contributed by atoms with van der Waals surface area (Å²) in [6.07, 6.45) is 2.12. The first-order chi connectivity index (χ1) is 8.07. The Morgan fingerprint density at radius 1 is 1.17 bits per heavy atom. The van der Waals surface area contributed by atoms with E-state index in [1.807, 2.05) is 13.8 Å². The molecule has 4 heteroatoms. The van der Waals surface area contributed by atoms with Crippen molar-refractivity contribution in [1.82, 2.24) is 0 Å². The SMILES string of the molecule is CCOC(=O)C(C)=COOC(C)(C)CC(C)(C)C. The molecule has 0 aliphatic rings.